The van der Waals surface area contributed by atoms with Crippen molar-refractivity contribution in [2.24, 2.45) is 0 Å². The number of benzene rings is 1. The zero-order valence-electron chi connectivity index (χ0n) is 9.55. The van der Waals surface area contributed by atoms with Crippen LogP contribution in [0.1, 0.15) is 10.4 Å². The smallest absolute Gasteiger partial charge is 0.258 e. The van der Waals surface area contributed by atoms with Crippen molar-refractivity contribution in [3.8, 4) is 0 Å². The number of halogens is 5. The molecule has 8 heteroatoms. The van der Waals surface area contributed by atoms with Gasteiger partial charge >= 0.3 is 0 Å². The van der Waals surface area contributed by atoms with E-state index in [1.165, 1.54) is 6.07 Å². The Morgan fingerprint density at radius 1 is 1.20 bits per heavy atom. The molecule has 0 spiro atoms. The average molecular weight is 382 g/mol. The number of hydrogen-bond acceptors (Lipinski definition) is 2. The second-order valence-electron chi connectivity index (χ2n) is 3.64. The van der Waals surface area contributed by atoms with Crippen LogP contribution in [0.25, 0.3) is 0 Å². The third kappa shape index (κ3) is 2.92. The van der Waals surface area contributed by atoms with E-state index < -0.39 is 23.2 Å². The summed E-state index contributed by atoms with van der Waals surface area (Å²) in [5.41, 5.74) is -0.297. The molecule has 0 fully saturated rings. The number of rotatable bonds is 2. The highest BCUT2D eigenvalue weighted by atomic mass is 79.9. The van der Waals surface area contributed by atoms with Gasteiger partial charge in [-0.2, -0.15) is 4.39 Å². The van der Waals surface area contributed by atoms with E-state index in [1.54, 1.807) is 6.07 Å². The fourth-order valence-electron chi connectivity index (χ4n) is 1.41. The van der Waals surface area contributed by atoms with E-state index in [1.807, 2.05) is 0 Å². The van der Waals surface area contributed by atoms with Crippen molar-refractivity contribution in [3.05, 3.63) is 56.2 Å². The summed E-state index contributed by atoms with van der Waals surface area (Å²) in [6.07, 6.45) is 0.990. The molecular formula is C12H5BrCl2F2N2O. The summed E-state index contributed by atoms with van der Waals surface area (Å²) in [7, 11) is 0. The lowest BCUT2D eigenvalue weighted by molar-refractivity contribution is 0.102. The Morgan fingerprint density at radius 3 is 2.60 bits per heavy atom. The monoisotopic (exact) mass is 380 g/mol. The molecule has 1 heterocycles. The van der Waals surface area contributed by atoms with Crippen molar-refractivity contribution in [1.82, 2.24) is 4.98 Å². The molecule has 2 aromatic rings. The first-order chi connectivity index (χ1) is 9.41. The quantitative estimate of drug-likeness (QED) is 0.606. The summed E-state index contributed by atoms with van der Waals surface area (Å²) in [6, 6.07) is 4.10. The van der Waals surface area contributed by atoms with E-state index in [0.717, 1.165) is 12.3 Å². The SMILES string of the molecule is O=C(Nc1ccc(Br)c(Cl)c1Cl)c1ccnc(F)c1F. The van der Waals surface area contributed by atoms with E-state index in [2.05, 4.69) is 26.2 Å². The van der Waals surface area contributed by atoms with Crippen LogP contribution in [0.3, 0.4) is 0 Å². The Bertz CT molecular complexity index is 697. The second kappa shape index (κ2) is 6.03. The van der Waals surface area contributed by atoms with Gasteiger partial charge < -0.3 is 5.32 Å². The highest BCUT2D eigenvalue weighted by Crippen LogP contribution is 2.36. The molecule has 0 aliphatic heterocycles. The number of nitrogens with zero attached hydrogens (tertiary/aromatic N) is 1. The Balaban J connectivity index is 2.33. The van der Waals surface area contributed by atoms with E-state index in [-0.39, 0.29) is 15.7 Å². The second-order valence-corrected chi connectivity index (χ2v) is 5.25. The fourth-order valence-corrected chi connectivity index (χ4v) is 2.23. The van der Waals surface area contributed by atoms with Crippen LogP contribution in [0, 0.1) is 11.8 Å². The molecule has 0 saturated heterocycles. The Labute approximate surface area is 131 Å². The highest BCUT2D eigenvalue weighted by Gasteiger charge is 2.18. The molecule has 1 N–H and O–H groups in total. The van der Waals surface area contributed by atoms with E-state index in [4.69, 9.17) is 23.2 Å². The van der Waals surface area contributed by atoms with E-state index >= 15 is 0 Å². The number of carbonyl (C=O) groups is 1. The van der Waals surface area contributed by atoms with Crippen molar-refractivity contribution in [2.75, 3.05) is 5.32 Å². The zero-order chi connectivity index (χ0) is 14.9. The normalized spacial score (nSPS) is 10.4. The number of anilines is 1. The van der Waals surface area contributed by atoms with Gasteiger partial charge in [-0.3, -0.25) is 4.79 Å². The van der Waals surface area contributed by atoms with Crippen LogP contribution in [0.2, 0.25) is 10.0 Å². The van der Waals surface area contributed by atoms with Gasteiger partial charge in [0.2, 0.25) is 5.95 Å². The summed E-state index contributed by atoms with van der Waals surface area (Å²) < 4.78 is 26.9. The Morgan fingerprint density at radius 2 is 1.90 bits per heavy atom. The van der Waals surface area contributed by atoms with E-state index in [9.17, 15) is 13.6 Å². The molecular weight excluding hydrogens is 377 g/mol. The molecule has 3 nitrogen and oxygen atoms in total. The minimum Gasteiger partial charge on any atom is -0.320 e. The van der Waals surface area contributed by atoms with Crippen molar-refractivity contribution in [3.63, 3.8) is 0 Å². The minimum atomic E-state index is -1.35. The maximum atomic E-state index is 13.4. The number of nitrogens with one attached hydrogen (secondary N) is 1. The molecule has 0 aliphatic rings. The summed E-state index contributed by atoms with van der Waals surface area (Å²) in [5.74, 6) is -3.54. The minimum absolute atomic E-state index is 0.0873. The van der Waals surface area contributed by atoms with Gasteiger partial charge in [-0.25, -0.2) is 9.37 Å². The van der Waals surface area contributed by atoms with Crippen molar-refractivity contribution >= 4 is 50.7 Å². The third-order valence-corrected chi connectivity index (χ3v) is 4.15. The number of hydrogen-bond donors (Lipinski definition) is 1. The lowest BCUT2D eigenvalue weighted by atomic mass is 10.2. The van der Waals surface area contributed by atoms with Gasteiger partial charge in [0.25, 0.3) is 5.91 Å². The van der Waals surface area contributed by atoms with Gasteiger partial charge in [0.05, 0.1) is 21.3 Å². The lowest BCUT2D eigenvalue weighted by Crippen LogP contribution is -2.15. The first kappa shape index (κ1) is 15.2. The maximum absolute atomic E-state index is 13.4. The van der Waals surface area contributed by atoms with Crippen LogP contribution in [-0.2, 0) is 0 Å². The van der Waals surface area contributed by atoms with Gasteiger partial charge in [-0.1, -0.05) is 23.2 Å². The van der Waals surface area contributed by atoms with Gasteiger partial charge in [-0.05, 0) is 34.1 Å². The van der Waals surface area contributed by atoms with Crippen molar-refractivity contribution < 1.29 is 13.6 Å². The molecule has 20 heavy (non-hydrogen) atoms. The first-order valence-electron chi connectivity index (χ1n) is 5.16. The standard InChI is InChI=1S/C12H5BrCl2F2N2O/c13-6-1-2-7(9(15)8(6)14)19-12(20)5-3-4-18-11(17)10(5)16/h1-4H,(H,19,20). The molecule has 0 atom stereocenters. The topological polar surface area (TPSA) is 42.0 Å². The average Bonchev–Trinajstić information content (AvgIpc) is 2.42. The van der Waals surface area contributed by atoms with E-state index in [0.29, 0.717) is 4.47 Å². The van der Waals surface area contributed by atoms with Crippen LogP contribution < -0.4 is 5.32 Å². The molecule has 0 radical (unpaired) electrons. The molecule has 0 unspecified atom stereocenters. The van der Waals surface area contributed by atoms with Gasteiger partial charge in [0, 0.05) is 10.7 Å². The zero-order valence-corrected chi connectivity index (χ0v) is 12.7. The number of pyridine rings is 1. The summed E-state index contributed by atoms with van der Waals surface area (Å²) in [5, 5.41) is 2.64. The fraction of sp³-hybridized carbons (Fsp3) is 0. The maximum Gasteiger partial charge on any atom is 0.258 e. The largest absolute Gasteiger partial charge is 0.320 e. The molecule has 1 aromatic carbocycles. The first-order valence-corrected chi connectivity index (χ1v) is 6.71. The van der Waals surface area contributed by atoms with Crippen molar-refractivity contribution in [2.45, 2.75) is 0 Å². The highest BCUT2D eigenvalue weighted by molar-refractivity contribution is 9.10. The molecule has 104 valence electrons. The summed E-state index contributed by atoms with van der Waals surface area (Å²) in [4.78, 5) is 15.0. The van der Waals surface area contributed by atoms with Crippen LogP contribution in [0.5, 0.6) is 0 Å². The van der Waals surface area contributed by atoms with Crippen LogP contribution in [-0.4, -0.2) is 10.9 Å². The van der Waals surface area contributed by atoms with Crippen LogP contribution >= 0.6 is 39.1 Å². The third-order valence-electron chi connectivity index (χ3n) is 2.37. The molecule has 1 amide bonds. The lowest BCUT2D eigenvalue weighted by Gasteiger charge is -2.09. The van der Waals surface area contributed by atoms with Crippen molar-refractivity contribution in [1.29, 1.82) is 0 Å². The molecule has 0 saturated carbocycles. The molecule has 1 aromatic heterocycles. The molecule has 2 rings (SSSR count). The number of amides is 1. The summed E-state index contributed by atoms with van der Waals surface area (Å²) >= 11 is 15.0. The summed E-state index contributed by atoms with van der Waals surface area (Å²) in [6.45, 7) is 0. The number of carbonyl (C=O) groups excluding carboxylic acids is 1. The molecule has 0 bridgehead atoms. The number of aromatic nitrogens is 1. The Hall–Kier alpha value is -1.24. The Kier molecular flexibility index (Phi) is 4.57. The van der Waals surface area contributed by atoms with Crippen LogP contribution in [0.15, 0.2) is 28.9 Å². The van der Waals surface area contributed by atoms with Gasteiger partial charge in [0.1, 0.15) is 0 Å². The van der Waals surface area contributed by atoms with Gasteiger partial charge in [-0.15, -0.1) is 0 Å². The predicted octanol–water partition coefficient (Wildman–Crippen LogP) is 4.68. The molecule has 0 aliphatic carbocycles. The van der Waals surface area contributed by atoms with Crippen LogP contribution in [0.4, 0.5) is 14.5 Å². The van der Waals surface area contributed by atoms with Gasteiger partial charge in [0.15, 0.2) is 5.82 Å². The predicted molar refractivity (Wildman–Crippen MR) is 76.3 cm³/mol.